The minimum absolute atomic E-state index is 0.350. The van der Waals surface area contributed by atoms with Crippen LogP contribution in [0, 0.1) is 10.5 Å². The number of carbonyl (C=O) groups is 1. The number of rotatable bonds is 1. The smallest absolute Gasteiger partial charge is 0.419 e. The van der Waals surface area contributed by atoms with Crippen LogP contribution in [0.25, 0.3) is 11.3 Å². The van der Waals surface area contributed by atoms with Crippen LogP contribution in [-0.4, -0.2) is 16.3 Å². The molecule has 0 saturated carbocycles. The number of ether oxygens (including phenoxy) is 1. The van der Waals surface area contributed by atoms with Crippen LogP contribution in [0.15, 0.2) is 36.5 Å². The van der Waals surface area contributed by atoms with Gasteiger partial charge in [-0.2, -0.15) is 0 Å². The Morgan fingerprint density at radius 2 is 1.95 bits per heavy atom. The van der Waals surface area contributed by atoms with Gasteiger partial charge in [-0.3, -0.25) is 4.57 Å². The molecule has 0 aliphatic rings. The zero-order valence-electron chi connectivity index (χ0n) is 12.1. The highest BCUT2D eigenvalue weighted by atomic mass is 127. The molecule has 106 valence electrons. The van der Waals surface area contributed by atoms with Crippen LogP contribution in [0.3, 0.4) is 0 Å². The fourth-order valence-corrected chi connectivity index (χ4v) is 2.49. The van der Waals surface area contributed by atoms with Gasteiger partial charge in [-0.05, 0) is 68.0 Å². The zero-order valence-corrected chi connectivity index (χ0v) is 14.3. The first-order valence-corrected chi connectivity index (χ1v) is 7.52. The highest BCUT2D eigenvalue weighted by Crippen LogP contribution is 2.25. The van der Waals surface area contributed by atoms with Crippen molar-refractivity contribution in [3.63, 3.8) is 0 Å². The molecule has 0 bridgehead atoms. The van der Waals surface area contributed by atoms with E-state index in [2.05, 4.69) is 28.7 Å². The number of hydrogen-bond acceptors (Lipinski definition) is 2. The summed E-state index contributed by atoms with van der Waals surface area (Å²) < 4.78 is 8.03. The van der Waals surface area contributed by atoms with Crippen molar-refractivity contribution >= 4 is 28.7 Å². The van der Waals surface area contributed by atoms with E-state index in [0.717, 1.165) is 20.4 Å². The maximum atomic E-state index is 12.3. The molecule has 0 unspecified atom stereocenters. The van der Waals surface area contributed by atoms with Gasteiger partial charge in [0.25, 0.3) is 0 Å². The molecule has 0 aliphatic heterocycles. The predicted octanol–water partition coefficient (Wildman–Crippen LogP) is 4.85. The van der Waals surface area contributed by atoms with E-state index in [4.69, 9.17) is 4.74 Å². The Kier molecular flexibility index (Phi) is 4.22. The van der Waals surface area contributed by atoms with Crippen molar-refractivity contribution in [3.05, 3.63) is 45.7 Å². The van der Waals surface area contributed by atoms with Gasteiger partial charge >= 0.3 is 6.09 Å². The summed E-state index contributed by atoms with van der Waals surface area (Å²) in [7, 11) is 0. The van der Waals surface area contributed by atoms with Gasteiger partial charge in [0.2, 0.25) is 0 Å². The van der Waals surface area contributed by atoms with Gasteiger partial charge in [0, 0.05) is 9.77 Å². The first-order chi connectivity index (χ1) is 9.26. The predicted molar refractivity (Wildman–Crippen MR) is 89.0 cm³/mol. The summed E-state index contributed by atoms with van der Waals surface area (Å²) in [6.07, 6.45) is 1.45. The standard InChI is InChI=1S/C16H18INO2/c1-11-6-5-7-12(8-11)14-9-13(17)10-18(14)15(19)20-16(2,3)4/h5-10H,1-4H3. The number of aromatic nitrogens is 1. The minimum atomic E-state index is -0.503. The molecule has 0 radical (unpaired) electrons. The second-order valence-corrected chi connectivity index (χ2v) is 7.01. The Hall–Kier alpha value is -1.30. The molecule has 3 nitrogen and oxygen atoms in total. The SMILES string of the molecule is Cc1cccc(-c2cc(I)cn2C(=O)OC(C)(C)C)c1. The maximum absolute atomic E-state index is 12.3. The molecule has 0 aliphatic carbocycles. The van der Waals surface area contributed by atoms with Crippen molar-refractivity contribution in [1.82, 2.24) is 4.57 Å². The Balaban J connectivity index is 2.43. The molecule has 0 spiro atoms. The lowest BCUT2D eigenvalue weighted by Crippen LogP contribution is -2.27. The van der Waals surface area contributed by atoms with Crippen LogP contribution < -0.4 is 0 Å². The summed E-state index contributed by atoms with van der Waals surface area (Å²) >= 11 is 2.20. The number of halogens is 1. The minimum Gasteiger partial charge on any atom is -0.443 e. The molecule has 0 atom stereocenters. The highest BCUT2D eigenvalue weighted by molar-refractivity contribution is 14.1. The first-order valence-electron chi connectivity index (χ1n) is 6.44. The van der Waals surface area contributed by atoms with Crippen molar-refractivity contribution in [3.8, 4) is 11.3 Å². The molecular formula is C16H18INO2. The molecule has 0 N–H and O–H groups in total. The second-order valence-electron chi connectivity index (χ2n) is 5.76. The monoisotopic (exact) mass is 383 g/mol. The van der Waals surface area contributed by atoms with E-state index in [-0.39, 0.29) is 6.09 Å². The second kappa shape index (κ2) is 5.60. The van der Waals surface area contributed by atoms with E-state index in [9.17, 15) is 4.79 Å². The Morgan fingerprint density at radius 1 is 1.25 bits per heavy atom. The number of benzene rings is 1. The lowest BCUT2D eigenvalue weighted by molar-refractivity contribution is 0.0540. The van der Waals surface area contributed by atoms with E-state index in [1.54, 1.807) is 10.8 Å². The summed E-state index contributed by atoms with van der Waals surface area (Å²) in [6.45, 7) is 7.64. The quantitative estimate of drug-likeness (QED) is 0.660. The van der Waals surface area contributed by atoms with Gasteiger partial charge in [0.05, 0.1) is 5.69 Å². The number of hydrogen-bond donors (Lipinski definition) is 0. The van der Waals surface area contributed by atoms with E-state index in [0.29, 0.717) is 0 Å². The molecule has 2 rings (SSSR count). The van der Waals surface area contributed by atoms with Gasteiger partial charge in [-0.15, -0.1) is 0 Å². The summed E-state index contributed by atoms with van der Waals surface area (Å²) in [6, 6.07) is 10.1. The van der Waals surface area contributed by atoms with Crippen molar-refractivity contribution in [2.75, 3.05) is 0 Å². The van der Waals surface area contributed by atoms with Crippen LogP contribution in [0.1, 0.15) is 26.3 Å². The average molecular weight is 383 g/mol. The topological polar surface area (TPSA) is 31.2 Å². The molecule has 0 amide bonds. The van der Waals surface area contributed by atoms with E-state index in [1.165, 1.54) is 0 Å². The Bertz CT molecular complexity index is 638. The average Bonchev–Trinajstić information content (AvgIpc) is 2.69. The van der Waals surface area contributed by atoms with Gasteiger partial charge in [0.15, 0.2) is 0 Å². The molecule has 20 heavy (non-hydrogen) atoms. The van der Waals surface area contributed by atoms with Crippen molar-refractivity contribution in [1.29, 1.82) is 0 Å². The molecule has 4 heteroatoms. The lowest BCUT2D eigenvalue weighted by Gasteiger charge is -2.20. The van der Waals surface area contributed by atoms with Crippen LogP contribution >= 0.6 is 22.6 Å². The third-order valence-electron chi connectivity index (χ3n) is 2.69. The Labute approximate surface area is 133 Å². The summed E-state index contributed by atoms with van der Waals surface area (Å²) in [5.41, 5.74) is 2.52. The molecule has 0 fully saturated rings. The van der Waals surface area contributed by atoms with E-state index in [1.807, 2.05) is 52.0 Å². The summed E-state index contributed by atoms with van der Waals surface area (Å²) in [5.74, 6) is 0. The number of carbonyl (C=O) groups excluding carboxylic acids is 1. The van der Waals surface area contributed by atoms with E-state index >= 15 is 0 Å². The molecule has 1 aromatic heterocycles. The van der Waals surface area contributed by atoms with Crippen molar-refractivity contribution < 1.29 is 9.53 Å². The molecule has 2 aromatic rings. The van der Waals surface area contributed by atoms with Crippen LogP contribution in [-0.2, 0) is 4.74 Å². The Morgan fingerprint density at radius 3 is 2.55 bits per heavy atom. The summed E-state index contributed by atoms with van der Waals surface area (Å²) in [5, 5.41) is 0. The van der Waals surface area contributed by atoms with Crippen molar-refractivity contribution in [2.45, 2.75) is 33.3 Å². The van der Waals surface area contributed by atoms with E-state index < -0.39 is 5.60 Å². The van der Waals surface area contributed by atoms with Crippen molar-refractivity contribution in [2.24, 2.45) is 0 Å². The van der Waals surface area contributed by atoms with Crippen LogP contribution in [0.5, 0.6) is 0 Å². The number of aryl methyl sites for hydroxylation is 1. The fraction of sp³-hybridized carbons (Fsp3) is 0.312. The van der Waals surface area contributed by atoms with Gasteiger partial charge < -0.3 is 4.74 Å². The third-order valence-corrected chi connectivity index (χ3v) is 3.28. The first kappa shape index (κ1) is 15.1. The fourth-order valence-electron chi connectivity index (χ4n) is 1.92. The summed E-state index contributed by atoms with van der Waals surface area (Å²) in [4.78, 5) is 12.3. The molecule has 0 saturated heterocycles. The van der Waals surface area contributed by atoms with Gasteiger partial charge in [0.1, 0.15) is 5.60 Å². The maximum Gasteiger partial charge on any atom is 0.419 e. The normalized spacial score (nSPS) is 11.4. The van der Waals surface area contributed by atoms with Gasteiger partial charge in [-0.1, -0.05) is 23.8 Å². The van der Waals surface area contributed by atoms with Crippen LogP contribution in [0.2, 0.25) is 0 Å². The third kappa shape index (κ3) is 3.62. The van der Waals surface area contributed by atoms with Gasteiger partial charge in [-0.25, -0.2) is 4.79 Å². The highest BCUT2D eigenvalue weighted by Gasteiger charge is 2.20. The lowest BCUT2D eigenvalue weighted by atomic mass is 10.1. The molecule has 1 aromatic carbocycles. The zero-order chi connectivity index (χ0) is 14.9. The molecular weight excluding hydrogens is 365 g/mol. The van der Waals surface area contributed by atoms with Crippen LogP contribution in [0.4, 0.5) is 4.79 Å². The number of nitrogens with zero attached hydrogens (tertiary/aromatic N) is 1. The molecule has 1 heterocycles. The largest absolute Gasteiger partial charge is 0.443 e.